The molecule has 23 nitrogen and oxygen atoms in total. The van der Waals surface area contributed by atoms with Gasteiger partial charge in [-0.2, -0.15) is 0 Å². The number of rotatable bonds is 17. The van der Waals surface area contributed by atoms with E-state index in [0.717, 1.165) is 5.56 Å². The van der Waals surface area contributed by atoms with E-state index in [9.17, 15) is 24.6 Å². The number of carbonyl (C=O) groups excluding carboxylic acids is 5. The van der Waals surface area contributed by atoms with Crippen molar-refractivity contribution in [1.82, 2.24) is 5.32 Å². The number of nitrogens with one attached hydrogen (secondary N) is 1. The summed E-state index contributed by atoms with van der Waals surface area (Å²) in [6, 6.07) is 9.13. The number of esters is 2. The van der Waals surface area contributed by atoms with Gasteiger partial charge in [0.1, 0.15) is 43.7 Å². The van der Waals surface area contributed by atoms with E-state index in [4.69, 9.17) is 66.4 Å². The Hall–Kier alpha value is -4.56. The first-order valence-corrected chi connectivity index (χ1v) is 28.4. The number of cyclic esters (lactones) is 1. The standard InChI is InChI=1S/C58H90N2O21/c1-28(2)22-40(61)75-46-33(7)45(30(4)27-71-54-49(69-15)48(68-14)42(62)36(10)74-54)77-52(65)35(9)47(76-41-25-58(13)51(37(11)73-41)79-56(67)81-58)32(6)44(78-53-43(63)39(60-70-16)23-31(5)72-53)29(3)24-57(12,50(64)34(46)8)80-55(66)59-26-38-20-18-17-19-21-38/h17-21,28-37,41-49,51,53-54,62-63H,22-27H2,1-16H3,(H,59,66)/t29-,30-,31+,32+,33-,34+,35+,36+,37-,41-,42+,43+,44-,45+,46+,47-,48+,49+,51-,53-,54+,57-,58+/m0/s1. The molecule has 6 rings (SSSR count). The second-order valence-electron chi connectivity index (χ2n) is 23.8. The molecule has 5 aliphatic rings. The Kier molecular flexibility index (Phi) is 23.0. The van der Waals surface area contributed by atoms with E-state index < -0.39 is 169 Å². The highest BCUT2D eigenvalue weighted by Crippen LogP contribution is 2.44. The smallest absolute Gasteiger partial charge is 0.461 e. The number of aliphatic hydroxyl groups excluding tert-OH is 2. The normalized spacial score (nSPS) is 40.7. The van der Waals surface area contributed by atoms with Gasteiger partial charge in [0, 0.05) is 57.8 Å². The number of hydrogen-bond donors (Lipinski definition) is 3. The molecule has 0 spiro atoms. The zero-order valence-electron chi connectivity index (χ0n) is 49.9. The lowest BCUT2D eigenvalue weighted by Crippen LogP contribution is -2.59. The van der Waals surface area contributed by atoms with E-state index in [1.165, 1.54) is 28.3 Å². The van der Waals surface area contributed by atoms with Gasteiger partial charge < -0.3 is 81.9 Å². The first-order chi connectivity index (χ1) is 38.1. The molecule has 5 aliphatic heterocycles. The van der Waals surface area contributed by atoms with E-state index in [1.807, 2.05) is 44.2 Å². The summed E-state index contributed by atoms with van der Waals surface area (Å²) in [4.78, 5) is 77.2. The maximum atomic E-state index is 15.8. The molecular weight excluding hydrogens is 1060 g/mol. The van der Waals surface area contributed by atoms with Crippen molar-refractivity contribution in [3.8, 4) is 0 Å². The molecule has 23 atom stereocenters. The number of hydrogen-bond acceptors (Lipinski definition) is 22. The summed E-state index contributed by atoms with van der Waals surface area (Å²) >= 11 is 0. The number of ether oxygens (including phenoxy) is 13. The molecule has 0 saturated carbocycles. The van der Waals surface area contributed by atoms with Crippen LogP contribution in [-0.2, 0) is 87.3 Å². The van der Waals surface area contributed by atoms with Crippen LogP contribution in [0.4, 0.5) is 9.59 Å². The molecule has 5 fully saturated rings. The molecule has 5 heterocycles. The quantitative estimate of drug-likeness (QED) is 0.0892. The number of ketones is 1. The van der Waals surface area contributed by atoms with Crippen LogP contribution < -0.4 is 5.32 Å². The largest absolute Gasteiger partial charge is 0.509 e. The van der Waals surface area contributed by atoms with Gasteiger partial charge in [0.2, 0.25) is 0 Å². The third-order valence-corrected chi connectivity index (χ3v) is 16.5. The summed E-state index contributed by atoms with van der Waals surface area (Å²) in [6.45, 7) is 22.2. The number of carbonyl (C=O) groups is 5. The Balaban J connectivity index is 1.50. The zero-order chi connectivity index (χ0) is 59.8. The average Bonchev–Trinajstić information content (AvgIpc) is 4.04. The first kappa shape index (κ1) is 65.6. The SMILES string of the molecule is CON=C1C[C@@H](C)O[C@@H](O[C@@H]2[C@@H](C)[C@H](O[C@H]3C[C@@]4(C)OC(=O)O[C@H]4[C@H](C)O3)[C@@H](C)C(=O)O[C@H]([C@@H](C)CO[C@@H]3O[C@H](C)[C@@H](O)[C@@H](OC)[C@H]3OC)[C@H](C)[C@@H](OC(=O)CC(C)C)[C@@H](C)C(=O)[C@@](C)(OC(=O)NCc3ccccc3)C[C@@H]2C)[C@@H]1O. The summed E-state index contributed by atoms with van der Waals surface area (Å²) < 4.78 is 81.1. The fourth-order valence-corrected chi connectivity index (χ4v) is 12.3. The number of oxime groups is 1. The van der Waals surface area contributed by atoms with Gasteiger partial charge >= 0.3 is 24.2 Å². The van der Waals surface area contributed by atoms with Crippen molar-refractivity contribution in [2.75, 3.05) is 27.9 Å². The molecule has 0 radical (unpaired) electrons. The summed E-state index contributed by atoms with van der Waals surface area (Å²) in [5.74, 6) is -8.05. The molecule has 3 N–H and O–H groups in total. The van der Waals surface area contributed by atoms with E-state index in [-0.39, 0.29) is 50.5 Å². The van der Waals surface area contributed by atoms with E-state index >= 15 is 9.59 Å². The summed E-state index contributed by atoms with van der Waals surface area (Å²) in [5, 5.41) is 29.6. The van der Waals surface area contributed by atoms with Gasteiger partial charge in [-0.3, -0.25) is 14.4 Å². The van der Waals surface area contributed by atoms with Crippen molar-refractivity contribution >= 4 is 35.7 Å². The second-order valence-corrected chi connectivity index (χ2v) is 23.8. The zero-order valence-corrected chi connectivity index (χ0v) is 49.9. The van der Waals surface area contributed by atoms with Crippen LogP contribution in [0, 0.1) is 41.4 Å². The number of amides is 1. The minimum Gasteiger partial charge on any atom is -0.461 e. The van der Waals surface area contributed by atoms with E-state index in [0.29, 0.717) is 0 Å². The number of aliphatic hydroxyl groups is 2. The van der Waals surface area contributed by atoms with Gasteiger partial charge in [-0.05, 0) is 65.4 Å². The topological polar surface area (TPSA) is 279 Å². The fraction of sp³-hybridized carbons (Fsp3) is 0.793. The molecule has 0 aromatic heterocycles. The van der Waals surface area contributed by atoms with Gasteiger partial charge in [0.25, 0.3) is 0 Å². The maximum Gasteiger partial charge on any atom is 0.509 e. The molecule has 1 aromatic rings. The maximum absolute atomic E-state index is 15.8. The van der Waals surface area contributed by atoms with Crippen molar-refractivity contribution in [2.24, 2.45) is 46.6 Å². The molecule has 23 heteroatoms. The number of benzene rings is 1. The van der Waals surface area contributed by atoms with Gasteiger partial charge in [-0.15, -0.1) is 0 Å². The van der Waals surface area contributed by atoms with Crippen LogP contribution in [-0.4, -0.2) is 177 Å². The van der Waals surface area contributed by atoms with Crippen LogP contribution >= 0.6 is 0 Å². The third kappa shape index (κ3) is 15.8. The van der Waals surface area contributed by atoms with Crippen molar-refractivity contribution in [3.05, 3.63) is 35.9 Å². The molecule has 1 aromatic carbocycles. The molecule has 0 bridgehead atoms. The Morgan fingerprint density at radius 1 is 0.778 bits per heavy atom. The lowest BCUT2D eigenvalue weighted by atomic mass is 9.74. The molecule has 0 unspecified atom stereocenters. The highest BCUT2D eigenvalue weighted by molar-refractivity contribution is 5.91. The van der Waals surface area contributed by atoms with Crippen molar-refractivity contribution in [2.45, 2.75) is 226 Å². The van der Waals surface area contributed by atoms with Gasteiger partial charge in [-0.25, -0.2) is 9.59 Å². The van der Waals surface area contributed by atoms with Crippen molar-refractivity contribution in [3.63, 3.8) is 0 Å². The predicted octanol–water partition coefficient (Wildman–Crippen LogP) is 6.18. The molecular formula is C58H90N2O21. The lowest BCUT2D eigenvalue weighted by Gasteiger charge is -2.46. The Labute approximate surface area is 476 Å². The average molecular weight is 1150 g/mol. The predicted molar refractivity (Wildman–Crippen MR) is 288 cm³/mol. The Bertz CT molecular complexity index is 2290. The van der Waals surface area contributed by atoms with Crippen LogP contribution in [0.5, 0.6) is 0 Å². The second kappa shape index (κ2) is 28.3. The highest BCUT2D eigenvalue weighted by atomic mass is 16.8. The van der Waals surface area contributed by atoms with Gasteiger partial charge in [-0.1, -0.05) is 84.0 Å². The Morgan fingerprint density at radius 3 is 2.10 bits per heavy atom. The Morgan fingerprint density at radius 2 is 1.46 bits per heavy atom. The number of Topliss-reactive ketones (excluding diaryl/α,β-unsaturated/α-hetero) is 1. The summed E-state index contributed by atoms with van der Waals surface area (Å²) in [5.41, 5.74) is -2.19. The van der Waals surface area contributed by atoms with E-state index in [2.05, 4.69) is 10.5 Å². The number of alkyl carbamates (subject to hydrolysis) is 1. The van der Waals surface area contributed by atoms with Crippen LogP contribution in [0.1, 0.15) is 121 Å². The molecule has 5 saturated heterocycles. The monoisotopic (exact) mass is 1150 g/mol. The van der Waals surface area contributed by atoms with Crippen LogP contribution in [0.3, 0.4) is 0 Å². The first-order valence-electron chi connectivity index (χ1n) is 28.4. The van der Waals surface area contributed by atoms with E-state index in [1.54, 1.807) is 69.2 Å². The molecule has 0 aliphatic carbocycles. The van der Waals surface area contributed by atoms with Crippen LogP contribution in [0.2, 0.25) is 0 Å². The minimum absolute atomic E-state index is 0.0161. The van der Waals surface area contributed by atoms with Crippen LogP contribution in [0.25, 0.3) is 0 Å². The van der Waals surface area contributed by atoms with Crippen molar-refractivity contribution in [1.29, 1.82) is 0 Å². The van der Waals surface area contributed by atoms with Crippen LogP contribution in [0.15, 0.2) is 35.5 Å². The lowest BCUT2D eigenvalue weighted by molar-refractivity contribution is -0.305. The number of nitrogens with zero attached hydrogens (tertiary/aromatic N) is 1. The number of methoxy groups -OCH3 is 2. The molecule has 81 heavy (non-hydrogen) atoms. The summed E-state index contributed by atoms with van der Waals surface area (Å²) in [7, 11) is 4.23. The molecule has 458 valence electrons. The summed E-state index contributed by atoms with van der Waals surface area (Å²) in [6.07, 6.45) is -17.2. The molecule has 1 amide bonds. The minimum atomic E-state index is -2.01. The number of fused-ring (bicyclic) bond motifs is 1. The highest BCUT2D eigenvalue weighted by Gasteiger charge is 2.58. The van der Waals surface area contributed by atoms with Gasteiger partial charge in [0.05, 0.1) is 54.7 Å². The van der Waals surface area contributed by atoms with Crippen molar-refractivity contribution < 1.29 is 101 Å². The fourth-order valence-electron chi connectivity index (χ4n) is 12.3. The third-order valence-electron chi connectivity index (χ3n) is 16.5. The van der Waals surface area contributed by atoms with Gasteiger partial charge in [0.15, 0.2) is 42.0 Å².